The third-order valence-corrected chi connectivity index (χ3v) is 15.2. The van der Waals surface area contributed by atoms with Gasteiger partial charge in [-0.25, -0.2) is 0 Å². The van der Waals surface area contributed by atoms with Gasteiger partial charge in [-0.2, -0.15) is 0 Å². The second-order valence-electron chi connectivity index (χ2n) is 18.7. The van der Waals surface area contributed by atoms with E-state index < -0.39 is 10.8 Å². The maximum atomic E-state index is 2.57. The summed E-state index contributed by atoms with van der Waals surface area (Å²) in [6.07, 6.45) is 0. The minimum atomic E-state index is -0.536. The largest absolute Gasteiger partial charge is 0.310 e. The van der Waals surface area contributed by atoms with Gasteiger partial charge < -0.3 is 4.90 Å². The number of anilines is 3. The van der Waals surface area contributed by atoms with Crippen LogP contribution in [0.15, 0.2) is 249 Å². The molecule has 0 atom stereocenters. The van der Waals surface area contributed by atoms with Crippen LogP contribution in [0.3, 0.4) is 0 Å². The highest BCUT2D eigenvalue weighted by Crippen LogP contribution is 2.61. The van der Waals surface area contributed by atoms with Crippen molar-refractivity contribution in [3.05, 3.63) is 304 Å². The molecule has 0 amide bonds. The van der Waals surface area contributed by atoms with Gasteiger partial charge in [0.15, 0.2) is 0 Å². The Bertz CT molecular complexity index is 3420. The highest BCUT2D eigenvalue weighted by molar-refractivity contribution is 5.95. The Morgan fingerprint density at radius 3 is 1.20 bits per heavy atom. The van der Waals surface area contributed by atoms with E-state index in [-0.39, 0.29) is 5.41 Å². The Morgan fingerprint density at radius 1 is 0.273 bits per heavy atom. The van der Waals surface area contributed by atoms with Crippen molar-refractivity contribution in [2.75, 3.05) is 4.90 Å². The van der Waals surface area contributed by atoms with E-state index in [2.05, 4.69) is 267 Å². The molecule has 0 spiro atoms. The quantitative estimate of drug-likeness (QED) is 0.155. The van der Waals surface area contributed by atoms with Gasteiger partial charge in [0.05, 0.1) is 16.5 Å². The Balaban J connectivity index is 1.11. The highest BCUT2D eigenvalue weighted by atomic mass is 15.1. The van der Waals surface area contributed by atoms with E-state index in [1.54, 1.807) is 0 Å². The van der Waals surface area contributed by atoms with Gasteiger partial charge in [-0.1, -0.05) is 232 Å². The molecule has 0 fully saturated rings. The lowest BCUT2D eigenvalue weighted by Gasteiger charge is -2.36. The first-order valence-corrected chi connectivity index (χ1v) is 23.3. The molecule has 13 rings (SSSR count). The zero-order valence-electron chi connectivity index (χ0n) is 37.1. The van der Waals surface area contributed by atoms with Crippen LogP contribution in [-0.2, 0) is 16.2 Å². The first kappa shape index (κ1) is 38.5. The molecule has 0 bridgehead atoms. The monoisotopic (exact) mass is 841 g/mol. The lowest BCUT2D eigenvalue weighted by atomic mass is 9.67. The maximum Gasteiger partial charge on any atom is 0.0714 e. The Labute approximate surface area is 388 Å². The third-order valence-electron chi connectivity index (χ3n) is 15.2. The van der Waals surface area contributed by atoms with Crippen molar-refractivity contribution in [2.24, 2.45) is 0 Å². The molecule has 0 aliphatic heterocycles. The van der Waals surface area contributed by atoms with Gasteiger partial charge in [-0.15, -0.1) is 0 Å². The van der Waals surface area contributed by atoms with E-state index in [0.717, 1.165) is 11.4 Å². The molecule has 0 heterocycles. The molecule has 10 aromatic rings. The molecule has 0 unspecified atom stereocenters. The minimum absolute atomic E-state index is 0.245. The second-order valence-corrected chi connectivity index (χ2v) is 18.7. The maximum absolute atomic E-state index is 2.57. The van der Waals surface area contributed by atoms with E-state index in [0.29, 0.717) is 0 Å². The van der Waals surface area contributed by atoms with E-state index in [4.69, 9.17) is 0 Å². The topological polar surface area (TPSA) is 3.24 Å². The van der Waals surface area contributed by atoms with E-state index in [1.807, 2.05) is 0 Å². The summed E-state index contributed by atoms with van der Waals surface area (Å²) in [5, 5.41) is 0. The fourth-order valence-electron chi connectivity index (χ4n) is 12.6. The van der Waals surface area contributed by atoms with Crippen LogP contribution in [-0.4, -0.2) is 0 Å². The Hall–Kier alpha value is -8.00. The summed E-state index contributed by atoms with van der Waals surface area (Å²) in [5.41, 5.74) is 22.8. The molecule has 66 heavy (non-hydrogen) atoms. The molecule has 1 nitrogen and oxygen atoms in total. The van der Waals surface area contributed by atoms with Crippen molar-refractivity contribution in [3.8, 4) is 33.4 Å². The molecule has 0 radical (unpaired) electrons. The smallest absolute Gasteiger partial charge is 0.0714 e. The van der Waals surface area contributed by atoms with E-state index in [1.165, 1.54) is 94.7 Å². The van der Waals surface area contributed by atoms with Crippen LogP contribution in [0.25, 0.3) is 33.4 Å². The zero-order valence-corrected chi connectivity index (χ0v) is 37.1. The van der Waals surface area contributed by atoms with Crippen LogP contribution in [0.4, 0.5) is 17.1 Å². The van der Waals surface area contributed by atoms with Crippen LogP contribution >= 0.6 is 0 Å². The second kappa shape index (κ2) is 14.5. The number of hydrogen-bond donors (Lipinski definition) is 0. The first-order chi connectivity index (χ1) is 32.5. The van der Waals surface area contributed by atoms with Crippen LogP contribution in [0, 0.1) is 0 Å². The molecule has 3 aliphatic carbocycles. The van der Waals surface area contributed by atoms with Gasteiger partial charge in [0.2, 0.25) is 0 Å². The molecule has 1 heteroatoms. The standard InChI is InChI=1S/C65H47N/c1-63(2)56-34-18-15-31-51(56)54-33-21-37-61(62(54)63)66(48-39-41-59-55(42-48)52-32-17-20-36-58(52)64(59,44-22-7-3-8-23-44)45-24-9-4-10-25-45)49-38-40-53-50-30-16-19-35-57(50)65(60(53)43-49,46-26-11-5-12-27-46)47-28-13-6-14-29-47/h3-43H,1-2H3. The SMILES string of the molecule is CC1(C)c2ccccc2-c2cccc(N(c3ccc4c(c3)-c3ccccc3C4(c3ccccc3)c3ccccc3)c3ccc4c(c3)C(c3ccccc3)(c3ccccc3)c3ccccc3-4)c21. The minimum Gasteiger partial charge on any atom is -0.310 e. The summed E-state index contributed by atoms with van der Waals surface area (Å²) in [4.78, 5) is 2.57. The molecular formula is C65H47N. The van der Waals surface area contributed by atoms with Crippen molar-refractivity contribution in [1.82, 2.24) is 0 Å². The molecule has 0 saturated heterocycles. The molecule has 3 aliphatic rings. The highest BCUT2D eigenvalue weighted by Gasteiger charge is 2.48. The first-order valence-electron chi connectivity index (χ1n) is 23.3. The van der Waals surface area contributed by atoms with Crippen LogP contribution in [0.1, 0.15) is 69.5 Å². The van der Waals surface area contributed by atoms with Gasteiger partial charge in [0.1, 0.15) is 0 Å². The Morgan fingerprint density at radius 2 is 0.652 bits per heavy atom. The summed E-state index contributed by atoms with van der Waals surface area (Å²) in [6.45, 7) is 4.81. The number of benzene rings is 10. The normalized spacial score (nSPS) is 14.9. The predicted octanol–water partition coefficient (Wildman–Crippen LogP) is 16.2. The van der Waals surface area contributed by atoms with Gasteiger partial charge in [-0.05, 0) is 119 Å². The Kier molecular flexibility index (Phi) is 8.45. The number of rotatable bonds is 7. The summed E-state index contributed by atoms with van der Waals surface area (Å²) < 4.78 is 0. The van der Waals surface area contributed by atoms with Crippen molar-refractivity contribution >= 4 is 17.1 Å². The lowest BCUT2D eigenvalue weighted by Crippen LogP contribution is -2.29. The van der Waals surface area contributed by atoms with E-state index >= 15 is 0 Å². The predicted molar refractivity (Wildman–Crippen MR) is 273 cm³/mol. The van der Waals surface area contributed by atoms with Crippen LogP contribution in [0.5, 0.6) is 0 Å². The molecule has 312 valence electrons. The fraction of sp³-hybridized carbons (Fsp3) is 0.0769. The van der Waals surface area contributed by atoms with Gasteiger partial charge in [0.25, 0.3) is 0 Å². The average molecular weight is 842 g/mol. The van der Waals surface area contributed by atoms with Crippen molar-refractivity contribution < 1.29 is 0 Å². The summed E-state index contributed by atoms with van der Waals surface area (Å²) >= 11 is 0. The van der Waals surface area contributed by atoms with E-state index in [9.17, 15) is 0 Å². The molecule has 0 saturated carbocycles. The third kappa shape index (κ3) is 5.17. The van der Waals surface area contributed by atoms with Crippen molar-refractivity contribution in [1.29, 1.82) is 0 Å². The number of hydrogen-bond acceptors (Lipinski definition) is 1. The molecule has 10 aromatic carbocycles. The van der Waals surface area contributed by atoms with Crippen molar-refractivity contribution in [3.63, 3.8) is 0 Å². The van der Waals surface area contributed by atoms with Crippen molar-refractivity contribution in [2.45, 2.75) is 30.1 Å². The summed E-state index contributed by atoms with van der Waals surface area (Å²) in [5.74, 6) is 0. The molecular weight excluding hydrogens is 795 g/mol. The molecule has 0 N–H and O–H groups in total. The average Bonchev–Trinajstić information content (AvgIpc) is 3.94. The zero-order chi connectivity index (χ0) is 44.0. The van der Waals surface area contributed by atoms with Gasteiger partial charge in [0, 0.05) is 16.8 Å². The summed E-state index contributed by atoms with van der Waals surface area (Å²) in [7, 11) is 0. The van der Waals surface area contributed by atoms with Crippen LogP contribution < -0.4 is 4.90 Å². The lowest BCUT2D eigenvalue weighted by molar-refractivity contribution is 0.661. The number of fused-ring (bicyclic) bond motifs is 9. The van der Waals surface area contributed by atoms with Gasteiger partial charge >= 0.3 is 0 Å². The van der Waals surface area contributed by atoms with Gasteiger partial charge in [-0.3, -0.25) is 0 Å². The summed E-state index contributed by atoms with van der Waals surface area (Å²) in [6, 6.07) is 93.2. The fourth-order valence-corrected chi connectivity index (χ4v) is 12.6. The van der Waals surface area contributed by atoms with Crippen LogP contribution in [0.2, 0.25) is 0 Å². The number of nitrogens with zero attached hydrogens (tertiary/aromatic N) is 1. The molecule has 0 aromatic heterocycles.